The Bertz CT molecular complexity index is 862. The minimum atomic E-state index is -3.00. The van der Waals surface area contributed by atoms with Crippen LogP contribution in [0.4, 0.5) is 0 Å². The third-order valence-corrected chi connectivity index (χ3v) is 4.61. The van der Waals surface area contributed by atoms with E-state index in [1.54, 1.807) is 7.05 Å². The number of sulfone groups is 1. The lowest BCUT2D eigenvalue weighted by molar-refractivity contribution is 0.600. The molecule has 2 aromatic rings. The van der Waals surface area contributed by atoms with Crippen LogP contribution < -0.4 is 10.6 Å². The van der Waals surface area contributed by atoms with Gasteiger partial charge in [-0.3, -0.25) is 4.99 Å². The van der Waals surface area contributed by atoms with Gasteiger partial charge in [-0.25, -0.2) is 13.1 Å². The summed E-state index contributed by atoms with van der Waals surface area (Å²) >= 11 is 0. The molecule has 1 heterocycles. The number of hydrogen-bond acceptors (Lipinski definition) is 4. The molecule has 0 aliphatic carbocycles. The molecule has 0 saturated carbocycles. The fourth-order valence-corrected chi connectivity index (χ4v) is 2.97. The Morgan fingerprint density at radius 2 is 1.92 bits per heavy atom. The van der Waals surface area contributed by atoms with Gasteiger partial charge >= 0.3 is 0 Å². The number of halogens is 1. The third-order valence-electron chi connectivity index (χ3n) is 3.66. The van der Waals surface area contributed by atoms with E-state index in [0.29, 0.717) is 19.0 Å². The van der Waals surface area contributed by atoms with E-state index in [1.807, 2.05) is 48.9 Å². The molecule has 0 amide bonds. The van der Waals surface area contributed by atoms with Crippen molar-refractivity contribution in [1.82, 2.24) is 20.4 Å². The monoisotopic (exact) mass is 491 g/mol. The first kappa shape index (κ1) is 22.4. The number of para-hydroxylation sites is 1. The van der Waals surface area contributed by atoms with E-state index in [1.165, 1.54) is 6.26 Å². The van der Waals surface area contributed by atoms with E-state index < -0.39 is 9.84 Å². The van der Waals surface area contributed by atoms with Crippen molar-refractivity contribution in [3.8, 4) is 5.69 Å². The Morgan fingerprint density at radius 1 is 1.23 bits per heavy atom. The highest BCUT2D eigenvalue weighted by molar-refractivity contribution is 14.0. The van der Waals surface area contributed by atoms with Crippen LogP contribution in [-0.4, -0.2) is 49.8 Å². The predicted molar refractivity (Wildman–Crippen MR) is 116 cm³/mol. The van der Waals surface area contributed by atoms with E-state index in [9.17, 15) is 8.42 Å². The van der Waals surface area contributed by atoms with Crippen molar-refractivity contribution in [2.24, 2.45) is 4.99 Å². The highest BCUT2D eigenvalue weighted by atomic mass is 127. The first-order valence-electron chi connectivity index (χ1n) is 8.04. The minimum absolute atomic E-state index is 0. The second-order valence-electron chi connectivity index (χ2n) is 5.95. The second kappa shape index (κ2) is 9.91. The molecule has 0 radical (unpaired) electrons. The lowest BCUT2D eigenvalue weighted by Gasteiger charge is -2.15. The van der Waals surface area contributed by atoms with Crippen LogP contribution in [0.3, 0.4) is 0 Å². The normalized spacial score (nSPS) is 11.8. The Balaban J connectivity index is 0.00000338. The number of aryl methyl sites for hydroxylation is 2. The molecule has 2 rings (SSSR count). The summed E-state index contributed by atoms with van der Waals surface area (Å²) in [5.41, 5.74) is 4.12. The van der Waals surface area contributed by atoms with Crippen molar-refractivity contribution in [2.75, 3.05) is 25.6 Å². The zero-order valence-electron chi connectivity index (χ0n) is 15.5. The number of rotatable bonds is 6. The molecule has 0 aliphatic rings. The molecule has 26 heavy (non-hydrogen) atoms. The maximum atomic E-state index is 11.2. The van der Waals surface area contributed by atoms with Crippen molar-refractivity contribution < 1.29 is 8.42 Å². The smallest absolute Gasteiger partial charge is 0.191 e. The molecule has 0 unspecified atom stereocenters. The summed E-state index contributed by atoms with van der Waals surface area (Å²) in [5.74, 6) is 0.627. The van der Waals surface area contributed by atoms with Gasteiger partial charge in [0.05, 0.1) is 17.1 Å². The number of nitrogens with zero attached hydrogens (tertiary/aromatic N) is 3. The molecule has 0 atom stereocenters. The van der Waals surface area contributed by atoms with Crippen molar-refractivity contribution in [3.05, 3.63) is 47.3 Å². The van der Waals surface area contributed by atoms with E-state index in [4.69, 9.17) is 0 Å². The molecular weight excluding hydrogens is 465 g/mol. The zero-order valence-corrected chi connectivity index (χ0v) is 18.6. The Kier molecular flexibility index (Phi) is 8.54. The molecule has 0 saturated heterocycles. The molecule has 2 N–H and O–H groups in total. The van der Waals surface area contributed by atoms with Crippen LogP contribution in [0.1, 0.15) is 17.0 Å². The average molecular weight is 491 g/mol. The maximum Gasteiger partial charge on any atom is 0.191 e. The molecule has 9 heteroatoms. The third kappa shape index (κ3) is 6.60. The van der Waals surface area contributed by atoms with Crippen molar-refractivity contribution >= 4 is 39.8 Å². The van der Waals surface area contributed by atoms with Crippen molar-refractivity contribution in [3.63, 3.8) is 0 Å². The highest BCUT2D eigenvalue weighted by Gasteiger charge is 2.09. The van der Waals surface area contributed by atoms with Gasteiger partial charge in [-0.05, 0) is 31.5 Å². The number of aliphatic imine (C=N–C) groups is 1. The highest BCUT2D eigenvalue weighted by Crippen LogP contribution is 2.16. The Labute approximate surface area is 172 Å². The first-order valence-corrected chi connectivity index (χ1v) is 10.1. The number of hydrogen-bond donors (Lipinski definition) is 2. The lowest BCUT2D eigenvalue weighted by Crippen LogP contribution is -2.39. The summed E-state index contributed by atoms with van der Waals surface area (Å²) in [7, 11) is -1.34. The number of benzene rings is 1. The van der Waals surface area contributed by atoms with Crippen LogP contribution >= 0.6 is 24.0 Å². The van der Waals surface area contributed by atoms with Crippen molar-refractivity contribution in [2.45, 2.75) is 20.4 Å². The molecule has 0 spiro atoms. The molecular formula is C17H26IN5O2S. The van der Waals surface area contributed by atoms with Gasteiger partial charge in [0.2, 0.25) is 0 Å². The van der Waals surface area contributed by atoms with Gasteiger partial charge in [0, 0.05) is 32.1 Å². The molecule has 144 valence electrons. The largest absolute Gasteiger partial charge is 0.355 e. The predicted octanol–water partition coefficient (Wildman–Crippen LogP) is 1.82. The topological polar surface area (TPSA) is 88.4 Å². The molecule has 0 bridgehead atoms. The van der Waals surface area contributed by atoms with Gasteiger partial charge in [-0.2, -0.15) is 5.10 Å². The van der Waals surface area contributed by atoms with Gasteiger partial charge in [-0.1, -0.05) is 18.2 Å². The average Bonchev–Trinajstić information content (AvgIpc) is 2.88. The first-order chi connectivity index (χ1) is 11.8. The van der Waals surface area contributed by atoms with E-state index in [0.717, 1.165) is 22.6 Å². The SMILES string of the molecule is CN=C(NCCS(C)(=O)=O)NCc1ccccc1-n1nc(C)cc1C.I. The second-order valence-corrected chi connectivity index (χ2v) is 8.21. The van der Waals surface area contributed by atoms with Crippen LogP contribution in [0.5, 0.6) is 0 Å². The molecule has 1 aromatic heterocycles. The Morgan fingerprint density at radius 3 is 2.50 bits per heavy atom. The number of nitrogens with one attached hydrogen (secondary N) is 2. The van der Waals surface area contributed by atoms with E-state index >= 15 is 0 Å². The fraction of sp³-hybridized carbons (Fsp3) is 0.412. The number of guanidine groups is 1. The molecule has 0 fully saturated rings. The summed E-state index contributed by atoms with van der Waals surface area (Å²) in [5, 5.41) is 10.8. The van der Waals surface area contributed by atoms with Crippen LogP contribution in [0.25, 0.3) is 5.69 Å². The summed E-state index contributed by atoms with van der Waals surface area (Å²) in [6.45, 7) is 4.86. The fourth-order valence-electron chi connectivity index (χ4n) is 2.49. The summed E-state index contributed by atoms with van der Waals surface area (Å²) in [6, 6.07) is 10.1. The van der Waals surface area contributed by atoms with Crippen LogP contribution in [0.15, 0.2) is 35.3 Å². The zero-order chi connectivity index (χ0) is 18.4. The van der Waals surface area contributed by atoms with Crippen LogP contribution in [0.2, 0.25) is 0 Å². The molecule has 0 aliphatic heterocycles. The molecule has 1 aromatic carbocycles. The molecule has 7 nitrogen and oxygen atoms in total. The lowest BCUT2D eigenvalue weighted by atomic mass is 10.1. The van der Waals surface area contributed by atoms with Gasteiger partial charge in [0.25, 0.3) is 0 Å². The standard InChI is InChI=1S/C17H25N5O2S.HI/c1-13-11-14(2)22(21-13)16-8-6-5-7-15(16)12-20-17(18-3)19-9-10-25(4,23)24;/h5-8,11H,9-10,12H2,1-4H3,(H2,18,19,20);1H. The van der Waals surface area contributed by atoms with Gasteiger partial charge < -0.3 is 10.6 Å². The Hall–Kier alpha value is -1.62. The van der Waals surface area contributed by atoms with Gasteiger partial charge in [-0.15, -0.1) is 24.0 Å². The minimum Gasteiger partial charge on any atom is -0.355 e. The van der Waals surface area contributed by atoms with Crippen molar-refractivity contribution in [1.29, 1.82) is 0 Å². The van der Waals surface area contributed by atoms with Crippen LogP contribution in [-0.2, 0) is 16.4 Å². The van der Waals surface area contributed by atoms with E-state index in [-0.39, 0.29) is 29.7 Å². The number of aromatic nitrogens is 2. The quantitative estimate of drug-likeness (QED) is 0.366. The van der Waals surface area contributed by atoms with Gasteiger partial charge in [0.1, 0.15) is 9.84 Å². The van der Waals surface area contributed by atoms with Gasteiger partial charge in [0.15, 0.2) is 5.96 Å². The summed E-state index contributed by atoms with van der Waals surface area (Å²) < 4.78 is 24.3. The maximum absolute atomic E-state index is 11.2. The summed E-state index contributed by atoms with van der Waals surface area (Å²) in [6.07, 6.45) is 1.22. The summed E-state index contributed by atoms with van der Waals surface area (Å²) in [4.78, 5) is 4.12. The van der Waals surface area contributed by atoms with Crippen LogP contribution in [0, 0.1) is 13.8 Å². The van der Waals surface area contributed by atoms with E-state index in [2.05, 4.69) is 20.7 Å².